The van der Waals surface area contributed by atoms with Gasteiger partial charge >= 0.3 is 0 Å². The maximum atomic E-state index is 10.7. The van der Waals surface area contributed by atoms with E-state index in [9.17, 15) is 4.79 Å². The zero-order chi connectivity index (χ0) is 10.8. The molecule has 0 aliphatic carbocycles. The van der Waals surface area contributed by atoms with Crippen LogP contribution in [0.1, 0.15) is 16.8 Å². The van der Waals surface area contributed by atoms with Crippen molar-refractivity contribution in [3.05, 3.63) is 24.3 Å². The molecule has 2 atom stereocenters. The van der Waals surface area contributed by atoms with Crippen molar-refractivity contribution in [2.45, 2.75) is 12.3 Å². The minimum atomic E-state index is -0.686. The van der Waals surface area contributed by atoms with Gasteiger partial charge in [-0.25, -0.2) is 9.67 Å². The molecule has 0 spiro atoms. The lowest BCUT2D eigenvalue weighted by molar-refractivity contribution is -0.0141. The summed E-state index contributed by atoms with van der Waals surface area (Å²) in [6, 6.07) is 0. The van der Waals surface area contributed by atoms with Crippen LogP contribution in [0.25, 0.3) is 0 Å². The highest BCUT2D eigenvalue weighted by atomic mass is 16.5. The van der Waals surface area contributed by atoms with Crippen molar-refractivity contribution < 1.29 is 14.6 Å². The molecule has 1 aromatic heterocycles. The fourth-order valence-electron chi connectivity index (χ4n) is 1.25. The van der Waals surface area contributed by atoms with Crippen LogP contribution in [0.3, 0.4) is 0 Å². The van der Waals surface area contributed by atoms with E-state index < -0.39 is 12.1 Å². The van der Waals surface area contributed by atoms with Gasteiger partial charge in [0.1, 0.15) is 12.4 Å². The average Bonchev–Trinajstić information content (AvgIpc) is 2.86. The second kappa shape index (κ2) is 3.79. The van der Waals surface area contributed by atoms with Crippen LogP contribution in [0.5, 0.6) is 0 Å². The lowest BCUT2D eigenvalue weighted by atomic mass is 10.4. The molecule has 1 aliphatic rings. The van der Waals surface area contributed by atoms with Gasteiger partial charge in [-0.1, -0.05) is 6.08 Å². The van der Waals surface area contributed by atoms with Gasteiger partial charge in [0.2, 0.25) is 5.82 Å². The maximum Gasteiger partial charge on any atom is 0.288 e. The van der Waals surface area contributed by atoms with E-state index in [1.54, 1.807) is 12.2 Å². The number of nitrogens with two attached hydrogens (primary N) is 1. The number of carbonyl (C=O) groups is 1. The molecule has 3 N–H and O–H groups in total. The van der Waals surface area contributed by atoms with E-state index in [0.29, 0.717) is 0 Å². The van der Waals surface area contributed by atoms with Gasteiger partial charge < -0.3 is 15.6 Å². The summed E-state index contributed by atoms with van der Waals surface area (Å²) in [6.45, 7) is -0.0929. The molecule has 15 heavy (non-hydrogen) atoms. The summed E-state index contributed by atoms with van der Waals surface area (Å²) in [5, 5.41) is 12.7. The van der Waals surface area contributed by atoms with E-state index >= 15 is 0 Å². The molecule has 7 heteroatoms. The molecule has 0 aromatic carbocycles. The van der Waals surface area contributed by atoms with Crippen LogP contribution in [0.4, 0.5) is 0 Å². The number of hydrogen-bond acceptors (Lipinski definition) is 5. The lowest BCUT2D eigenvalue weighted by Gasteiger charge is -2.11. The lowest BCUT2D eigenvalue weighted by Crippen LogP contribution is -2.17. The Labute approximate surface area is 85.2 Å². The van der Waals surface area contributed by atoms with E-state index in [0.717, 1.165) is 0 Å². The van der Waals surface area contributed by atoms with E-state index in [1.165, 1.54) is 11.0 Å². The normalized spacial score (nSPS) is 24.6. The van der Waals surface area contributed by atoms with Crippen molar-refractivity contribution in [2.75, 3.05) is 6.61 Å². The molecule has 7 nitrogen and oxygen atoms in total. The van der Waals surface area contributed by atoms with E-state index in [4.69, 9.17) is 15.6 Å². The van der Waals surface area contributed by atoms with Crippen LogP contribution in [0, 0.1) is 0 Å². The summed E-state index contributed by atoms with van der Waals surface area (Å²) in [7, 11) is 0. The van der Waals surface area contributed by atoms with Crippen molar-refractivity contribution in [3.8, 4) is 0 Å². The number of primary amides is 1. The van der Waals surface area contributed by atoms with Gasteiger partial charge in [-0.2, -0.15) is 0 Å². The number of carbonyl (C=O) groups excluding carboxylic acids is 1. The Hall–Kier alpha value is -1.73. The Bertz CT molecular complexity index is 400. The summed E-state index contributed by atoms with van der Waals surface area (Å²) in [6.07, 6.45) is 4.02. The Morgan fingerprint density at radius 3 is 3.00 bits per heavy atom. The third kappa shape index (κ3) is 1.88. The Kier molecular flexibility index (Phi) is 2.48. The van der Waals surface area contributed by atoms with Gasteiger partial charge in [0.05, 0.1) is 6.61 Å². The molecule has 0 saturated carbocycles. The first-order valence-corrected chi connectivity index (χ1v) is 4.36. The summed E-state index contributed by atoms with van der Waals surface area (Å²) >= 11 is 0. The highest BCUT2D eigenvalue weighted by molar-refractivity contribution is 5.88. The first-order chi connectivity index (χ1) is 7.20. The predicted octanol–water partition coefficient (Wildman–Crippen LogP) is -1.18. The van der Waals surface area contributed by atoms with Crippen LogP contribution in [0.15, 0.2) is 18.5 Å². The standard InChI is InChI=1S/C8H10N4O3/c9-7(14)8-10-4-12(11-8)6-2-1-5(3-13)15-6/h1-2,4-6,13H,3H2,(H2,9,14)/t5-,6+/m0/s1. The molecule has 2 rings (SSSR count). The van der Waals surface area contributed by atoms with Gasteiger partial charge in [0.15, 0.2) is 6.23 Å². The molecule has 1 aliphatic heterocycles. The molecule has 0 fully saturated rings. The van der Waals surface area contributed by atoms with Gasteiger partial charge in [0.25, 0.3) is 5.91 Å². The Balaban J connectivity index is 2.11. The predicted molar refractivity (Wildman–Crippen MR) is 48.7 cm³/mol. The summed E-state index contributed by atoms with van der Waals surface area (Å²) in [5.41, 5.74) is 5.00. The quantitative estimate of drug-likeness (QED) is 0.611. The molecular formula is C8H10N4O3. The van der Waals surface area contributed by atoms with Gasteiger partial charge in [-0.05, 0) is 6.08 Å². The Morgan fingerprint density at radius 2 is 2.47 bits per heavy atom. The van der Waals surface area contributed by atoms with Crippen molar-refractivity contribution in [1.29, 1.82) is 0 Å². The largest absolute Gasteiger partial charge is 0.393 e. The number of rotatable bonds is 3. The molecule has 0 bridgehead atoms. The second-order valence-electron chi connectivity index (χ2n) is 3.05. The van der Waals surface area contributed by atoms with Crippen molar-refractivity contribution in [3.63, 3.8) is 0 Å². The third-order valence-corrected chi connectivity index (χ3v) is 1.97. The number of hydrogen-bond donors (Lipinski definition) is 2. The van der Waals surface area contributed by atoms with Crippen LogP contribution in [0.2, 0.25) is 0 Å². The number of aliphatic hydroxyl groups is 1. The highest BCUT2D eigenvalue weighted by Gasteiger charge is 2.21. The smallest absolute Gasteiger partial charge is 0.288 e. The number of nitrogens with zero attached hydrogens (tertiary/aromatic N) is 3. The zero-order valence-electron chi connectivity index (χ0n) is 7.78. The maximum absolute atomic E-state index is 10.7. The molecule has 1 aromatic rings. The number of amides is 1. The van der Waals surface area contributed by atoms with E-state index in [1.807, 2.05) is 0 Å². The van der Waals surface area contributed by atoms with Crippen molar-refractivity contribution in [2.24, 2.45) is 5.73 Å². The fraction of sp³-hybridized carbons (Fsp3) is 0.375. The minimum Gasteiger partial charge on any atom is -0.393 e. The van der Waals surface area contributed by atoms with Gasteiger partial charge in [-0.15, -0.1) is 5.10 Å². The second-order valence-corrected chi connectivity index (χ2v) is 3.05. The summed E-state index contributed by atoms with van der Waals surface area (Å²) < 4.78 is 6.70. The van der Waals surface area contributed by atoms with Gasteiger partial charge in [0, 0.05) is 0 Å². The third-order valence-electron chi connectivity index (χ3n) is 1.97. The topological polar surface area (TPSA) is 103 Å². The number of aliphatic hydroxyl groups excluding tert-OH is 1. The zero-order valence-corrected chi connectivity index (χ0v) is 7.78. The molecule has 0 saturated heterocycles. The first-order valence-electron chi connectivity index (χ1n) is 4.36. The van der Waals surface area contributed by atoms with Crippen molar-refractivity contribution in [1.82, 2.24) is 14.8 Å². The molecule has 0 unspecified atom stereocenters. The average molecular weight is 210 g/mol. The summed E-state index contributed by atoms with van der Waals surface area (Å²) in [4.78, 5) is 14.4. The molecule has 0 radical (unpaired) electrons. The molecule has 2 heterocycles. The van der Waals surface area contributed by atoms with Crippen LogP contribution in [-0.2, 0) is 4.74 Å². The van der Waals surface area contributed by atoms with Crippen LogP contribution < -0.4 is 5.73 Å². The van der Waals surface area contributed by atoms with E-state index in [2.05, 4.69) is 10.1 Å². The fourth-order valence-corrected chi connectivity index (χ4v) is 1.25. The van der Waals surface area contributed by atoms with Crippen molar-refractivity contribution >= 4 is 5.91 Å². The van der Waals surface area contributed by atoms with Crippen LogP contribution in [-0.4, -0.2) is 38.5 Å². The molecule has 1 amide bonds. The van der Waals surface area contributed by atoms with Gasteiger partial charge in [-0.3, -0.25) is 4.79 Å². The van der Waals surface area contributed by atoms with Crippen LogP contribution >= 0.6 is 0 Å². The molecule has 80 valence electrons. The minimum absolute atomic E-state index is 0.0561. The monoisotopic (exact) mass is 210 g/mol. The van der Waals surface area contributed by atoms with E-state index in [-0.39, 0.29) is 18.5 Å². The summed E-state index contributed by atoms with van der Waals surface area (Å²) in [5.74, 6) is -0.742. The SMILES string of the molecule is NC(=O)c1ncn([C@H]2C=C[C@@H](CO)O2)n1. The first kappa shape index (κ1) is 9.81. The number of aromatic nitrogens is 3. The number of ether oxygens (including phenoxy) is 1. The highest BCUT2D eigenvalue weighted by Crippen LogP contribution is 2.19. The Morgan fingerprint density at radius 1 is 1.67 bits per heavy atom. The molecular weight excluding hydrogens is 200 g/mol.